The summed E-state index contributed by atoms with van der Waals surface area (Å²) in [7, 11) is 0. The van der Waals surface area contributed by atoms with Gasteiger partial charge >= 0.3 is 6.18 Å². The molecule has 1 fully saturated rings. The molecule has 0 atom stereocenters. The van der Waals surface area contributed by atoms with E-state index in [1.165, 1.54) is 54.7 Å². The Morgan fingerprint density at radius 2 is 1.74 bits per heavy atom. The average molecular weight is 546 g/mol. The van der Waals surface area contributed by atoms with Crippen LogP contribution in [0, 0.1) is 0 Å². The molecule has 2 aromatic carbocycles. The number of benzene rings is 2. The van der Waals surface area contributed by atoms with Crippen LogP contribution in [0.15, 0.2) is 66.9 Å². The number of alkyl halides is 5. The third-order valence-corrected chi connectivity index (χ3v) is 5.78. The highest BCUT2D eigenvalue weighted by Gasteiger charge is 2.46. The van der Waals surface area contributed by atoms with Crippen LogP contribution in [0.3, 0.4) is 0 Å². The summed E-state index contributed by atoms with van der Waals surface area (Å²) in [4.78, 5) is 29.1. The molecule has 4 rings (SSSR count). The molecule has 1 aromatic heterocycles. The normalized spacial score (nSPS) is 14.6. The molecule has 0 unspecified atom stereocenters. The number of rotatable bonds is 8. The van der Waals surface area contributed by atoms with Crippen molar-refractivity contribution in [3.63, 3.8) is 0 Å². The van der Waals surface area contributed by atoms with E-state index < -0.39 is 48.3 Å². The first kappa shape index (κ1) is 27.6. The minimum atomic E-state index is -4.72. The van der Waals surface area contributed by atoms with E-state index in [0.717, 1.165) is 11.0 Å². The Bertz CT molecular complexity index is 1370. The number of carbonyl (C=O) groups is 2. The predicted molar refractivity (Wildman–Crippen MR) is 134 cm³/mol. The second-order valence-corrected chi connectivity index (χ2v) is 8.79. The SMILES string of the molecule is Nc1ccc(/C=C/C(=O)NCCOc2ccc(-c3ccc(C(=O)N4CC(F)(F)C4)cc3)cc2C(F)(F)F)cn1. The summed E-state index contributed by atoms with van der Waals surface area (Å²) in [6, 6.07) is 12.4. The van der Waals surface area contributed by atoms with Crippen molar-refractivity contribution < 1.29 is 36.3 Å². The maximum Gasteiger partial charge on any atom is 0.419 e. The molecule has 1 aliphatic heterocycles. The lowest BCUT2D eigenvalue weighted by atomic mass is 10.00. The number of hydrogen-bond acceptors (Lipinski definition) is 5. The number of hydrogen-bond donors (Lipinski definition) is 2. The molecule has 39 heavy (non-hydrogen) atoms. The zero-order chi connectivity index (χ0) is 28.2. The van der Waals surface area contributed by atoms with E-state index in [1.54, 1.807) is 12.1 Å². The minimum absolute atomic E-state index is 0.0410. The summed E-state index contributed by atoms with van der Waals surface area (Å²) in [6.45, 7) is -1.57. The van der Waals surface area contributed by atoms with Crippen LogP contribution in [-0.2, 0) is 11.0 Å². The number of nitrogens with zero attached hydrogens (tertiary/aromatic N) is 2. The van der Waals surface area contributed by atoms with Crippen molar-refractivity contribution >= 4 is 23.7 Å². The molecule has 12 heteroatoms. The molecule has 1 aliphatic rings. The molecule has 1 saturated heterocycles. The summed E-state index contributed by atoms with van der Waals surface area (Å²) in [5, 5.41) is 2.52. The van der Waals surface area contributed by atoms with Crippen LogP contribution in [-0.4, -0.2) is 53.9 Å². The van der Waals surface area contributed by atoms with Crippen molar-refractivity contribution in [1.29, 1.82) is 0 Å². The highest BCUT2D eigenvalue weighted by Crippen LogP contribution is 2.39. The number of nitrogens with two attached hydrogens (primary N) is 1. The van der Waals surface area contributed by atoms with Crippen molar-refractivity contribution in [2.24, 2.45) is 0 Å². The highest BCUT2D eigenvalue weighted by molar-refractivity contribution is 5.95. The predicted octanol–water partition coefficient (Wildman–Crippen LogP) is 4.65. The smallest absolute Gasteiger partial charge is 0.419 e. The van der Waals surface area contributed by atoms with Gasteiger partial charge in [0.2, 0.25) is 5.91 Å². The van der Waals surface area contributed by atoms with Crippen molar-refractivity contribution in [3.05, 3.63) is 83.6 Å². The minimum Gasteiger partial charge on any atom is -0.491 e. The van der Waals surface area contributed by atoms with Gasteiger partial charge in [-0.2, -0.15) is 13.2 Å². The van der Waals surface area contributed by atoms with Crippen molar-refractivity contribution in [1.82, 2.24) is 15.2 Å². The first-order valence-electron chi connectivity index (χ1n) is 11.7. The third-order valence-electron chi connectivity index (χ3n) is 5.78. The lowest BCUT2D eigenvalue weighted by Crippen LogP contribution is -2.58. The summed E-state index contributed by atoms with van der Waals surface area (Å²) in [5.41, 5.74) is 5.91. The van der Waals surface area contributed by atoms with Gasteiger partial charge in [0.05, 0.1) is 25.2 Å². The number of ether oxygens (including phenoxy) is 1. The lowest BCUT2D eigenvalue weighted by Gasteiger charge is -2.38. The van der Waals surface area contributed by atoms with Gasteiger partial charge in [0.15, 0.2) is 0 Å². The fourth-order valence-corrected chi connectivity index (χ4v) is 3.78. The molecule has 2 heterocycles. The number of amides is 2. The summed E-state index contributed by atoms with van der Waals surface area (Å²) < 4.78 is 72.6. The number of aromatic nitrogens is 1. The molecule has 0 spiro atoms. The number of nitrogens with one attached hydrogen (secondary N) is 1. The summed E-state index contributed by atoms with van der Waals surface area (Å²) in [5.74, 6) is -4.01. The quantitative estimate of drug-likeness (QED) is 0.244. The molecule has 3 N–H and O–H groups in total. The van der Waals surface area contributed by atoms with Crippen molar-refractivity contribution in [3.8, 4) is 16.9 Å². The molecule has 0 saturated carbocycles. The van der Waals surface area contributed by atoms with Gasteiger partial charge in [-0.1, -0.05) is 18.2 Å². The van der Waals surface area contributed by atoms with E-state index in [0.29, 0.717) is 16.9 Å². The van der Waals surface area contributed by atoms with Crippen LogP contribution in [0.5, 0.6) is 5.75 Å². The van der Waals surface area contributed by atoms with E-state index in [1.807, 2.05) is 0 Å². The zero-order valence-electron chi connectivity index (χ0n) is 20.3. The monoisotopic (exact) mass is 546 g/mol. The van der Waals surface area contributed by atoms with E-state index >= 15 is 0 Å². The lowest BCUT2D eigenvalue weighted by molar-refractivity contribution is -0.139. The van der Waals surface area contributed by atoms with Crippen molar-refractivity contribution in [2.75, 3.05) is 32.0 Å². The van der Waals surface area contributed by atoms with Crippen LogP contribution in [0.2, 0.25) is 0 Å². The third kappa shape index (κ3) is 7.09. The molecule has 0 radical (unpaired) electrons. The number of nitrogen functional groups attached to an aromatic ring is 1. The van der Waals surface area contributed by atoms with Gasteiger partial charge in [-0.25, -0.2) is 13.8 Å². The fraction of sp³-hybridized carbons (Fsp3) is 0.222. The fourth-order valence-electron chi connectivity index (χ4n) is 3.78. The maximum absolute atomic E-state index is 13.8. The molecule has 7 nitrogen and oxygen atoms in total. The molecule has 0 bridgehead atoms. The molecule has 2 amide bonds. The Balaban J connectivity index is 1.36. The standard InChI is InChI=1S/C27H23F5N4O3/c28-26(29)15-36(16-26)25(38)19-5-3-18(4-6-19)20-7-8-22(21(13-20)27(30,31)32)39-12-11-34-24(37)10-2-17-1-9-23(33)35-14-17/h1-10,13-14H,11-12,15-16H2,(H2,33,35)(H,34,37)/b10-2+. The Kier molecular flexibility index (Phi) is 7.84. The van der Waals surface area contributed by atoms with Gasteiger partial charge in [-0.3, -0.25) is 9.59 Å². The molecule has 204 valence electrons. The van der Waals surface area contributed by atoms with E-state index in [2.05, 4.69) is 10.3 Å². The molecule has 3 aromatic rings. The van der Waals surface area contributed by atoms with Crippen LogP contribution < -0.4 is 15.8 Å². The molecular formula is C27H23F5N4O3. The maximum atomic E-state index is 13.8. The summed E-state index contributed by atoms with van der Waals surface area (Å²) in [6.07, 6.45) is -0.478. The van der Waals surface area contributed by atoms with Crippen LogP contribution >= 0.6 is 0 Å². The molecule has 0 aliphatic carbocycles. The van der Waals surface area contributed by atoms with Crippen LogP contribution in [0.1, 0.15) is 21.5 Å². The van der Waals surface area contributed by atoms with E-state index in [9.17, 15) is 31.5 Å². The number of pyridine rings is 1. The van der Waals surface area contributed by atoms with E-state index in [4.69, 9.17) is 10.5 Å². The Morgan fingerprint density at radius 1 is 1.05 bits per heavy atom. The second kappa shape index (κ2) is 11.1. The number of halogens is 5. The van der Waals surface area contributed by atoms with Crippen molar-refractivity contribution in [2.45, 2.75) is 12.1 Å². The van der Waals surface area contributed by atoms with Gasteiger partial charge in [0.1, 0.15) is 18.2 Å². The van der Waals surface area contributed by atoms with Gasteiger partial charge in [-0.05, 0) is 59.2 Å². The average Bonchev–Trinajstić information content (AvgIpc) is 2.88. The van der Waals surface area contributed by atoms with E-state index in [-0.39, 0.29) is 24.3 Å². The first-order valence-corrected chi connectivity index (χ1v) is 11.7. The van der Waals surface area contributed by atoms with Crippen LogP contribution in [0.25, 0.3) is 17.2 Å². The number of anilines is 1. The largest absolute Gasteiger partial charge is 0.491 e. The molecular weight excluding hydrogens is 523 g/mol. The Labute approximate surface area is 220 Å². The zero-order valence-corrected chi connectivity index (χ0v) is 20.3. The van der Waals surface area contributed by atoms with Gasteiger partial charge in [0.25, 0.3) is 11.8 Å². The number of carbonyl (C=O) groups excluding carboxylic acids is 2. The second-order valence-electron chi connectivity index (χ2n) is 8.79. The van der Waals surface area contributed by atoms with Gasteiger partial charge < -0.3 is 20.7 Å². The topological polar surface area (TPSA) is 97.6 Å². The highest BCUT2D eigenvalue weighted by atomic mass is 19.4. The van der Waals surface area contributed by atoms with Gasteiger partial charge in [0, 0.05) is 17.8 Å². The summed E-state index contributed by atoms with van der Waals surface area (Å²) >= 11 is 0. The van der Waals surface area contributed by atoms with Crippen LogP contribution in [0.4, 0.5) is 27.8 Å². The Hall–Kier alpha value is -4.48. The number of likely N-dealkylation sites (tertiary alicyclic amines) is 1. The Morgan fingerprint density at radius 3 is 2.36 bits per heavy atom. The van der Waals surface area contributed by atoms with Gasteiger partial charge in [-0.15, -0.1) is 0 Å². The first-order chi connectivity index (χ1) is 18.4.